The molecule has 3 heterocycles. The molecule has 2 atom stereocenters. The number of benzene rings is 1. The number of furan rings is 1. The maximum absolute atomic E-state index is 13.4. The van der Waals surface area contributed by atoms with Gasteiger partial charge in [-0.2, -0.15) is 0 Å². The normalized spacial score (nSPS) is 22.8. The minimum absolute atomic E-state index is 0.00394. The molecule has 0 radical (unpaired) electrons. The minimum atomic E-state index is -0.449. The molecule has 4 rings (SSSR count). The van der Waals surface area contributed by atoms with Gasteiger partial charge in [-0.25, -0.2) is 0 Å². The number of ether oxygens (including phenoxy) is 1. The van der Waals surface area contributed by atoms with E-state index in [9.17, 15) is 9.59 Å². The first kappa shape index (κ1) is 19.7. The van der Waals surface area contributed by atoms with Crippen molar-refractivity contribution in [3.63, 3.8) is 0 Å². The summed E-state index contributed by atoms with van der Waals surface area (Å²) in [6, 6.07) is 13.0. The van der Waals surface area contributed by atoms with Crippen LogP contribution in [0.15, 0.2) is 53.1 Å². The molecule has 1 aromatic heterocycles. The molecule has 0 saturated carbocycles. The lowest BCUT2D eigenvalue weighted by molar-refractivity contribution is -0.163. The van der Waals surface area contributed by atoms with Crippen molar-refractivity contribution in [1.82, 2.24) is 14.7 Å². The number of fused-ring (bicyclic) bond motifs is 1. The van der Waals surface area contributed by atoms with Crippen molar-refractivity contribution in [2.45, 2.75) is 25.0 Å². The summed E-state index contributed by atoms with van der Waals surface area (Å²) in [6.45, 7) is 3.19. The van der Waals surface area contributed by atoms with Gasteiger partial charge in [-0.15, -0.1) is 0 Å². The minimum Gasteiger partial charge on any atom is -0.468 e. The topological polar surface area (TPSA) is 66.2 Å². The fourth-order valence-corrected chi connectivity index (χ4v) is 4.23. The fourth-order valence-electron chi connectivity index (χ4n) is 4.23. The van der Waals surface area contributed by atoms with E-state index < -0.39 is 6.04 Å². The van der Waals surface area contributed by atoms with Crippen molar-refractivity contribution < 1.29 is 18.7 Å². The summed E-state index contributed by atoms with van der Waals surface area (Å²) >= 11 is 0. The van der Waals surface area contributed by atoms with Gasteiger partial charge < -0.3 is 19.0 Å². The molecule has 2 saturated heterocycles. The first-order valence-electron chi connectivity index (χ1n) is 10.1. The summed E-state index contributed by atoms with van der Waals surface area (Å²) in [5.41, 5.74) is 1.11. The average Bonchev–Trinajstić information content (AvgIpc) is 3.25. The zero-order chi connectivity index (χ0) is 20.2. The van der Waals surface area contributed by atoms with Crippen LogP contribution in [0.2, 0.25) is 0 Å². The number of hydrogen-bond donors (Lipinski definition) is 0. The molecule has 7 heteroatoms. The van der Waals surface area contributed by atoms with Gasteiger partial charge >= 0.3 is 0 Å². The summed E-state index contributed by atoms with van der Waals surface area (Å²) in [7, 11) is 1.63. The molecule has 7 nitrogen and oxygen atoms in total. The van der Waals surface area contributed by atoms with Crippen LogP contribution < -0.4 is 0 Å². The van der Waals surface area contributed by atoms with Gasteiger partial charge in [0, 0.05) is 33.3 Å². The number of nitrogens with zero attached hydrogens (tertiary/aromatic N) is 3. The Balaban J connectivity index is 1.57. The number of rotatable bonds is 7. The molecule has 0 N–H and O–H groups in total. The molecule has 2 amide bonds. The Morgan fingerprint density at radius 2 is 1.90 bits per heavy atom. The lowest BCUT2D eigenvalue weighted by atomic mass is 9.96. The van der Waals surface area contributed by atoms with Crippen LogP contribution in [0.4, 0.5) is 0 Å². The number of carbonyl (C=O) groups is 2. The number of piperazine rings is 2. The monoisotopic (exact) mass is 397 g/mol. The average molecular weight is 397 g/mol. The second-order valence-electron chi connectivity index (χ2n) is 7.58. The van der Waals surface area contributed by atoms with Crippen molar-refractivity contribution in [2.75, 3.05) is 39.9 Å². The highest BCUT2D eigenvalue weighted by Crippen LogP contribution is 2.26. The van der Waals surface area contributed by atoms with E-state index in [1.165, 1.54) is 0 Å². The Hall–Kier alpha value is -2.64. The molecule has 0 spiro atoms. The Kier molecular flexibility index (Phi) is 5.97. The molecule has 29 heavy (non-hydrogen) atoms. The Morgan fingerprint density at radius 3 is 2.62 bits per heavy atom. The first-order valence-corrected chi connectivity index (χ1v) is 10.1. The van der Waals surface area contributed by atoms with Crippen LogP contribution in [0.3, 0.4) is 0 Å². The highest BCUT2D eigenvalue weighted by Gasteiger charge is 2.46. The quantitative estimate of drug-likeness (QED) is 0.707. The highest BCUT2D eigenvalue weighted by atomic mass is 16.5. The van der Waals surface area contributed by atoms with Gasteiger partial charge in [0.2, 0.25) is 11.8 Å². The maximum Gasteiger partial charge on any atom is 0.246 e. The third kappa shape index (κ3) is 4.21. The number of amides is 2. The Bertz CT molecular complexity index is 824. The number of carbonyl (C=O) groups excluding carboxylic acids is 2. The third-order valence-electron chi connectivity index (χ3n) is 5.78. The van der Waals surface area contributed by atoms with Crippen molar-refractivity contribution in [2.24, 2.45) is 0 Å². The predicted molar refractivity (Wildman–Crippen MR) is 107 cm³/mol. The van der Waals surface area contributed by atoms with E-state index in [4.69, 9.17) is 9.15 Å². The molecule has 2 fully saturated rings. The molecule has 0 bridgehead atoms. The molecule has 1 aromatic carbocycles. The lowest BCUT2D eigenvalue weighted by Crippen LogP contribution is -2.69. The third-order valence-corrected chi connectivity index (χ3v) is 5.78. The maximum atomic E-state index is 13.4. The second kappa shape index (κ2) is 8.80. The lowest BCUT2D eigenvalue weighted by Gasteiger charge is -2.49. The van der Waals surface area contributed by atoms with E-state index in [0.717, 1.165) is 11.3 Å². The van der Waals surface area contributed by atoms with Gasteiger partial charge in [-0.05, 0) is 24.1 Å². The van der Waals surface area contributed by atoms with Gasteiger partial charge in [0.25, 0.3) is 0 Å². The standard InChI is InChI=1S/C22H27N3O4/c1-28-13-11-23-9-10-25-20(21(23)26)16-24(15-18-8-5-12-29-18)19(22(25)27)14-17-6-3-2-4-7-17/h2-8,12,19-20H,9-11,13-16H2,1H3/t19-,20-/m0/s1. The highest BCUT2D eigenvalue weighted by molar-refractivity contribution is 5.92. The van der Waals surface area contributed by atoms with E-state index >= 15 is 0 Å². The van der Waals surface area contributed by atoms with E-state index in [-0.39, 0.29) is 17.9 Å². The van der Waals surface area contributed by atoms with Gasteiger partial charge in [0.15, 0.2) is 0 Å². The molecule has 0 unspecified atom stereocenters. The van der Waals surface area contributed by atoms with Crippen molar-refractivity contribution in [3.8, 4) is 0 Å². The van der Waals surface area contributed by atoms with Crippen molar-refractivity contribution >= 4 is 11.8 Å². The molecule has 2 aromatic rings. The molecular formula is C22H27N3O4. The molecule has 0 aliphatic carbocycles. The molecule has 154 valence electrons. The van der Waals surface area contributed by atoms with E-state index in [2.05, 4.69) is 4.90 Å². The van der Waals surface area contributed by atoms with E-state index in [0.29, 0.717) is 45.8 Å². The summed E-state index contributed by atoms with van der Waals surface area (Å²) in [5.74, 6) is 0.824. The van der Waals surface area contributed by atoms with Crippen LogP contribution in [0.25, 0.3) is 0 Å². The van der Waals surface area contributed by atoms with Crippen molar-refractivity contribution in [1.29, 1.82) is 0 Å². The zero-order valence-electron chi connectivity index (χ0n) is 16.7. The first-order chi connectivity index (χ1) is 14.2. The summed E-state index contributed by atoms with van der Waals surface area (Å²) < 4.78 is 10.7. The molecule has 2 aliphatic rings. The zero-order valence-corrected chi connectivity index (χ0v) is 16.7. The summed E-state index contributed by atoms with van der Waals surface area (Å²) in [5, 5.41) is 0. The van der Waals surface area contributed by atoms with E-state index in [1.807, 2.05) is 42.5 Å². The number of methoxy groups -OCH3 is 1. The summed E-state index contributed by atoms with van der Waals surface area (Å²) in [6.07, 6.45) is 2.25. The Labute approximate surface area is 170 Å². The molecule has 2 aliphatic heterocycles. The SMILES string of the molecule is COCCN1CCN2C(=O)[C@H](Cc3ccccc3)N(Cc3ccco3)C[C@H]2C1=O. The largest absolute Gasteiger partial charge is 0.468 e. The van der Waals surface area contributed by atoms with Crippen LogP contribution in [0, 0.1) is 0 Å². The summed E-state index contributed by atoms with van der Waals surface area (Å²) in [4.78, 5) is 32.2. The van der Waals surface area contributed by atoms with Crippen LogP contribution in [0.1, 0.15) is 11.3 Å². The predicted octanol–water partition coefficient (Wildman–Crippen LogP) is 1.39. The van der Waals surface area contributed by atoms with Crippen LogP contribution in [0.5, 0.6) is 0 Å². The number of hydrogen-bond acceptors (Lipinski definition) is 5. The van der Waals surface area contributed by atoms with Crippen LogP contribution in [-0.4, -0.2) is 78.5 Å². The van der Waals surface area contributed by atoms with Gasteiger partial charge in [-0.1, -0.05) is 30.3 Å². The smallest absolute Gasteiger partial charge is 0.246 e. The van der Waals surface area contributed by atoms with Gasteiger partial charge in [0.05, 0.1) is 25.5 Å². The van der Waals surface area contributed by atoms with Crippen LogP contribution in [-0.2, 0) is 27.3 Å². The van der Waals surface area contributed by atoms with Crippen LogP contribution >= 0.6 is 0 Å². The van der Waals surface area contributed by atoms with Gasteiger partial charge in [-0.3, -0.25) is 14.5 Å². The second-order valence-corrected chi connectivity index (χ2v) is 7.58. The van der Waals surface area contributed by atoms with Crippen molar-refractivity contribution in [3.05, 3.63) is 60.1 Å². The molecular weight excluding hydrogens is 370 g/mol. The van der Waals surface area contributed by atoms with E-state index in [1.54, 1.807) is 23.2 Å². The fraction of sp³-hybridized carbons (Fsp3) is 0.455. The van der Waals surface area contributed by atoms with Gasteiger partial charge in [0.1, 0.15) is 11.8 Å². The Morgan fingerprint density at radius 1 is 1.07 bits per heavy atom.